The van der Waals surface area contributed by atoms with Gasteiger partial charge >= 0.3 is 12.1 Å². The Labute approximate surface area is 116 Å². The van der Waals surface area contributed by atoms with Crippen molar-refractivity contribution >= 4 is 12.1 Å². The molecule has 1 fully saturated rings. The Kier molecular flexibility index (Phi) is 6.33. The third-order valence-electron chi connectivity index (χ3n) is 2.70. The zero-order valence-corrected chi connectivity index (χ0v) is 11.9. The first kappa shape index (κ1) is 17.7. The molecule has 0 aromatic carbocycles. The Morgan fingerprint density at radius 2 is 1.89 bits per heavy atom. The lowest BCUT2D eigenvalue weighted by molar-refractivity contribution is -0.148. The molecular formula is C14H27NO4. The molecule has 112 valence electrons. The summed E-state index contributed by atoms with van der Waals surface area (Å²) in [7, 11) is 0. The van der Waals surface area contributed by atoms with Crippen LogP contribution in [0.3, 0.4) is 0 Å². The van der Waals surface area contributed by atoms with Crippen LogP contribution >= 0.6 is 0 Å². The largest absolute Gasteiger partial charge is 0.464 e. The van der Waals surface area contributed by atoms with Crippen LogP contribution < -0.4 is 0 Å². The summed E-state index contributed by atoms with van der Waals surface area (Å²) < 4.78 is 10.3. The molecule has 0 spiro atoms. The van der Waals surface area contributed by atoms with E-state index in [1.165, 1.54) is 4.90 Å². The van der Waals surface area contributed by atoms with Crippen LogP contribution in [0, 0.1) is 5.92 Å². The molecule has 1 rings (SSSR count). The highest BCUT2D eigenvalue weighted by molar-refractivity contribution is 5.82. The molecule has 0 aliphatic carbocycles. The fraction of sp³-hybridized carbons (Fsp3) is 0.857. The molecule has 0 saturated carbocycles. The van der Waals surface area contributed by atoms with Gasteiger partial charge in [0, 0.05) is 6.54 Å². The van der Waals surface area contributed by atoms with Crippen molar-refractivity contribution in [2.45, 2.75) is 60.1 Å². The van der Waals surface area contributed by atoms with E-state index in [0.717, 1.165) is 0 Å². The van der Waals surface area contributed by atoms with Gasteiger partial charge < -0.3 is 9.47 Å². The number of hydrogen-bond acceptors (Lipinski definition) is 4. The predicted molar refractivity (Wildman–Crippen MR) is 73.9 cm³/mol. The van der Waals surface area contributed by atoms with Crippen LogP contribution in [0.1, 0.15) is 48.5 Å². The highest BCUT2D eigenvalue weighted by Gasteiger charge is 2.40. The second kappa shape index (κ2) is 6.78. The number of nitrogens with zero attached hydrogens (tertiary/aromatic N) is 1. The van der Waals surface area contributed by atoms with E-state index < -0.39 is 17.7 Å². The Morgan fingerprint density at radius 1 is 1.32 bits per heavy atom. The zero-order valence-electron chi connectivity index (χ0n) is 11.9. The number of hydrogen-bond donors (Lipinski definition) is 0. The first-order valence-corrected chi connectivity index (χ1v) is 6.41. The second-order valence-corrected chi connectivity index (χ2v) is 5.74. The van der Waals surface area contributed by atoms with E-state index in [0.29, 0.717) is 19.6 Å². The summed E-state index contributed by atoms with van der Waals surface area (Å²) in [5.74, 6) is -0.0559. The summed E-state index contributed by atoms with van der Waals surface area (Å²) in [4.78, 5) is 25.3. The van der Waals surface area contributed by atoms with Gasteiger partial charge in [0.2, 0.25) is 0 Å². The highest BCUT2D eigenvalue weighted by atomic mass is 16.6. The third kappa shape index (κ3) is 5.09. The molecule has 1 aliphatic rings. The van der Waals surface area contributed by atoms with E-state index in [1.807, 2.05) is 27.7 Å². The van der Waals surface area contributed by atoms with E-state index >= 15 is 0 Å². The molecule has 0 bridgehead atoms. The van der Waals surface area contributed by atoms with Gasteiger partial charge in [-0.2, -0.15) is 0 Å². The van der Waals surface area contributed by atoms with Crippen molar-refractivity contribution in [1.82, 2.24) is 4.90 Å². The summed E-state index contributed by atoms with van der Waals surface area (Å²) in [6.07, 6.45) is 0.197. The number of esters is 1. The topological polar surface area (TPSA) is 55.8 Å². The SMILES string of the molecule is C.CCOC(=O)[C@@H]1C[C@H](C)CN1C(=O)OC(C)(C)C. The second-order valence-electron chi connectivity index (χ2n) is 5.74. The fourth-order valence-corrected chi connectivity index (χ4v) is 2.03. The van der Waals surface area contributed by atoms with Crippen LogP contribution in [0.2, 0.25) is 0 Å². The van der Waals surface area contributed by atoms with Crippen molar-refractivity contribution in [2.24, 2.45) is 5.92 Å². The summed E-state index contributed by atoms with van der Waals surface area (Å²) in [5.41, 5.74) is -0.553. The Morgan fingerprint density at radius 3 is 2.37 bits per heavy atom. The average molecular weight is 273 g/mol. The molecule has 0 aromatic heterocycles. The minimum absolute atomic E-state index is 0. The lowest BCUT2D eigenvalue weighted by Gasteiger charge is -2.27. The van der Waals surface area contributed by atoms with Crippen LogP contribution in [-0.2, 0) is 14.3 Å². The van der Waals surface area contributed by atoms with Crippen molar-refractivity contribution < 1.29 is 19.1 Å². The average Bonchev–Trinajstić information content (AvgIpc) is 2.58. The van der Waals surface area contributed by atoms with Gasteiger partial charge in [-0.05, 0) is 40.0 Å². The normalized spacial score (nSPS) is 22.7. The summed E-state index contributed by atoms with van der Waals surface area (Å²) >= 11 is 0. The van der Waals surface area contributed by atoms with Gasteiger partial charge in [-0.15, -0.1) is 0 Å². The van der Waals surface area contributed by atoms with Gasteiger partial charge in [0.1, 0.15) is 11.6 Å². The number of ether oxygens (including phenoxy) is 2. The quantitative estimate of drug-likeness (QED) is 0.726. The Hall–Kier alpha value is -1.26. The Bertz CT molecular complexity index is 322. The molecule has 2 atom stereocenters. The van der Waals surface area contributed by atoms with Gasteiger partial charge in [0.25, 0.3) is 0 Å². The molecule has 0 unspecified atom stereocenters. The van der Waals surface area contributed by atoms with Gasteiger partial charge in [-0.25, -0.2) is 9.59 Å². The van der Waals surface area contributed by atoms with Crippen molar-refractivity contribution in [1.29, 1.82) is 0 Å². The van der Waals surface area contributed by atoms with Crippen LogP contribution in [0.5, 0.6) is 0 Å². The number of likely N-dealkylation sites (tertiary alicyclic amines) is 1. The minimum Gasteiger partial charge on any atom is -0.464 e. The third-order valence-corrected chi connectivity index (χ3v) is 2.70. The van der Waals surface area contributed by atoms with Crippen molar-refractivity contribution in [2.75, 3.05) is 13.2 Å². The van der Waals surface area contributed by atoms with Crippen molar-refractivity contribution in [3.63, 3.8) is 0 Å². The van der Waals surface area contributed by atoms with Crippen LogP contribution in [-0.4, -0.2) is 41.8 Å². The molecule has 5 heteroatoms. The summed E-state index contributed by atoms with van der Waals surface area (Å²) in [6.45, 7) is 10.1. The van der Waals surface area contributed by atoms with Crippen molar-refractivity contribution in [3.8, 4) is 0 Å². The molecule has 19 heavy (non-hydrogen) atoms. The Balaban J connectivity index is 0.00000324. The molecule has 0 N–H and O–H groups in total. The maximum atomic E-state index is 12.0. The van der Waals surface area contributed by atoms with E-state index in [-0.39, 0.29) is 19.3 Å². The molecule has 0 radical (unpaired) electrons. The molecule has 1 aliphatic heterocycles. The van der Waals surface area contributed by atoms with Crippen LogP contribution in [0.25, 0.3) is 0 Å². The molecular weight excluding hydrogens is 246 g/mol. The number of carbonyl (C=O) groups excluding carboxylic acids is 2. The standard InChI is InChI=1S/C13H23NO4.CH4/c1-6-17-11(15)10-7-9(2)8-14(10)12(16)18-13(3,4)5;/h9-10H,6-8H2,1-5H3;1H4/t9-,10-;/m0./s1. The van der Waals surface area contributed by atoms with Gasteiger partial charge in [0.15, 0.2) is 0 Å². The first-order chi connectivity index (χ1) is 8.24. The van der Waals surface area contributed by atoms with Gasteiger partial charge in [0.05, 0.1) is 6.61 Å². The van der Waals surface area contributed by atoms with Crippen LogP contribution in [0.4, 0.5) is 4.79 Å². The zero-order chi connectivity index (χ0) is 13.9. The van der Waals surface area contributed by atoms with E-state index in [4.69, 9.17) is 9.47 Å². The van der Waals surface area contributed by atoms with Crippen molar-refractivity contribution in [3.05, 3.63) is 0 Å². The summed E-state index contributed by atoms with van der Waals surface area (Å²) in [5, 5.41) is 0. The molecule has 1 amide bonds. The molecule has 1 heterocycles. The van der Waals surface area contributed by atoms with Gasteiger partial charge in [-0.1, -0.05) is 14.4 Å². The number of carbonyl (C=O) groups is 2. The van der Waals surface area contributed by atoms with E-state index in [1.54, 1.807) is 6.92 Å². The number of amides is 1. The van der Waals surface area contributed by atoms with Gasteiger partial charge in [-0.3, -0.25) is 4.90 Å². The fourth-order valence-electron chi connectivity index (χ4n) is 2.03. The predicted octanol–water partition coefficient (Wildman–Crippen LogP) is 2.83. The first-order valence-electron chi connectivity index (χ1n) is 6.41. The molecule has 1 saturated heterocycles. The maximum Gasteiger partial charge on any atom is 0.411 e. The monoisotopic (exact) mass is 273 g/mol. The number of rotatable bonds is 2. The lowest BCUT2D eigenvalue weighted by Crippen LogP contribution is -2.44. The van der Waals surface area contributed by atoms with Crippen LogP contribution in [0.15, 0.2) is 0 Å². The minimum atomic E-state index is -0.553. The summed E-state index contributed by atoms with van der Waals surface area (Å²) in [6, 6.07) is -0.505. The molecule has 5 nitrogen and oxygen atoms in total. The molecule has 0 aromatic rings. The smallest absolute Gasteiger partial charge is 0.411 e. The van der Waals surface area contributed by atoms with E-state index in [9.17, 15) is 9.59 Å². The lowest BCUT2D eigenvalue weighted by atomic mass is 10.1. The maximum absolute atomic E-state index is 12.0. The van der Waals surface area contributed by atoms with E-state index in [2.05, 4.69) is 0 Å². The highest BCUT2D eigenvalue weighted by Crippen LogP contribution is 2.25.